The summed E-state index contributed by atoms with van der Waals surface area (Å²) in [6.45, 7) is 4.89. The van der Waals surface area contributed by atoms with Gasteiger partial charge in [0.25, 0.3) is 11.8 Å². The molecule has 2 aromatic rings. The number of ether oxygens (including phenoxy) is 2. The van der Waals surface area contributed by atoms with Crippen molar-refractivity contribution in [2.24, 2.45) is 0 Å². The van der Waals surface area contributed by atoms with Crippen molar-refractivity contribution in [3.8, 4) is 11.5 Å². The summed E-state index contributed by atoms with van der Waals surface area (Å²) in [7, 11) is 0. The van der Waals surface area contributed by atoms with Crippen LogP contribution < -0.4 is 9.47 Å². The van der Waals surface area contributed by atoms with Crippen LogP contribution >= 0.6 is 0 Å². The average Bonchev–Trinajstić information content (AvgIpc) is 3.28. The molecular formula is C21H21N3O4. The van der Waals surface area contributed by atoms with Gasteiger partial charge in [0.15, 0.2) is 11.5 Å². The fraction of sp³-hybridized carbons (Fsp3) is 0.333. The third kappa shape index (κ3) is 3.02. The number of carbonyl (C=O) groups excluding carboxylic acids is 2. The molecule has 5 rings (SSSR count). The number of rotatable bonds is 4. The number of benzene rings is 2. The van der Waals surface area contributed by atoms with E-state index >= 15 is 0 Å². The van der Waals surface area contributed by atoms with Gasteiger partial charge in [0, 0.05) is 32.7 Å². The summed E-state index contributed by atoms with van der Waals surface area (Å²) in [5, 5.41) is 0. The van der Waals surface area contributed by atoms with Crippen LogP contribution in [0.1, 0.15) is 26.3 Å². The lowest BCUT2D eigenvalue weighted by Crippen LogP contribution is -2.50. The SMILES string of the molecule is O=C1c2ccccc2C(=O)N1CN1CCN(Cc2ccc3c(c2)OCO3)CC1. The molecule has 0 spiro atoms. The Balaban J connectivity index is 1.17. The number of carbonyl (C=O) groups is 2. The average molecular weight is 379 g/mol. The highest BCUT2D eigenvalue weighted by Crippen LogP contribution is 2.33. The van der Waals surface area contributed by atoms with Crippen molar-refractivity contribution < 1.29 is 19.1 Å². The van der Waals surface area contributed by atoms with Gasteiger partial charge < -0.3 is 9.47 Å². The van der Waals surface area contributed by atoms with E-state index in [1.807, 2.05) is 12.1 Å². The molecular weight excluding hydrogens is 358 g/mol. The Morgan fingerprint density at radius 2 is 1.43 bits per heavy atom. The predicted octanol–water partition coefficient (Wildman–Crippen LogP) is 1.79. The van der Waals surface area contributed by atoms with Gasteiger partial charge in [0.05, 0.1) is 17.8 Å². The maximum Gasteiger partial charge on any atom is 0.262 e. The summed E-state index contributed by atoms with van der Waals surface area (Å²) < 4.78 is 10.8. The van der Waals surface area contributed by atoms with Gasteiger partial charge in [0.1, 0.15) is 0 Å². The number of piperazine rings is 1. The van der Waals surface area contributed by atoms with E-state index in [-0.39, 0.29) is 18.6 Å². The molecule has 28 heavy (non-hydrogen) atoms. The van der Waals surface area contributed by atoms with Gasteiger partial charge in [-0.05, 0) is 29.8 Å². The zero-order chi connectivity index (χ0) is 19.1. The second-order valence-electron chi connectivity index (χ2n) is 7.31. The lowest BCUT2D eigenvalue weighted by atomic mass is 10.1. The van der Waals surface area contributed by atoms with E-state index < -0.39 is 0 Å². The summed E-state index contributed by atoms with van der Waals surface area (Å²) in [6, 6.07) is 13.1. The lowest BCUT2D eigenvalue weighted by Gasteiger charge is -2.36. The molecule has 3 aliphatic rings. The minimum Gasteiger partial charge on any atom is -0.454 e. The highest BCUT2D eigenvalue weighted by Gasteiger charge is 2.36. The molecule has 0 atom stereocenters. The minimum absolute atomic E-state index is 0.191. The quantitative estimate of drug-likeness (QED) is 0.755. The van der Waals surface area contributed by atoms with Crippen LogP contribution in [-0.4, -0.2) is 66.2 Å². The van der Waals surface area contributed by atoms with Crippen LogP contribution in [0, 0.1) is 0 Å². The van der Waals surface area contributed by atoms with Gasteiger partial charge in [-0.15, -0.1) is 0 Å². The number of nitrogens with zero attached hydrogens (tertiary/aromatic N) is 3. The number of amides is 2. The van der Waals surface area contributed by atoms with Crippen LogP contribution in [0.25, 0.3) is 0 Å². The molecule has 3 aliphatic heterocycles. The zero-order valence-corrected chi connectivity index (χ0v) is 15.5. The number of fused-ring (bicyclic) bond motifs is 2. The molecule has 2 amide bonds. The van der Waals surface area contributed by atoms with Crippen molar-refractivity contribution in [2.75, 3.05) is 39.6 Å². The van der Waals surface area contributed by atoms with Crippen LogP contribution in [-0.2, 0) is 6.54 Å². The molecule has 0 unspecified atom stereocenters. The third-order valence-electron chi connectivity index (χ3n) is 5.53. The second-order valence-corrected chi connectivity index (χ2v) is 7.31. The summed E-state index contributed by atoms with van der Waals surface area (Å²) in [5.74, 6) is 1.23. The Kier molecular flexibility index (Phi) is 4.26. The van der Waals surface area contributed by atoms with Crippen molar-refractivity contribution in [3.63, 3.8) is 0 Å². The molecule has 0 aromatic heterocycles. The van der Waals surface area contributed by atoms with E-state index in [2.05, 4.69) is 15.9 Å². The third-order valence-corrected chi connectivity index (χ3v) is 5.53. The molecule has 2 aromatic carbocycles. The summed E-state index contributed by atoms with van der Waals surface area (Å²) in [6.07, 6.45) is 0. The van der Waals surface area contributed by atoms with E-state index in [9.17, 15) is 9.59 Å². The molecule has 7 nitrogen and oxygen atoms in total. The van der Waals surface area contributed by atoms with Crippen LogP contribution in [0.4, 0.5) is 0 Å². The van der Waals surface area contributed by atoms with Crippen molar-refractivity contribution in [1.82, 2.24) is 14.7 Å². The Hall–Kier alpha value is -2.90. The Morgan fingerprint density at radius 3 is 2.14 bits per heavy atom. The molecule has 0 N–H and O–H groups in total. The predicted molar refractivity (Wildman–Crippen MR) is 101 cm³/mol. The number of hydrogen-bond donors (Lipinski definition) is 0. The van der Waals surface area contributed by atoms with Crippen molar-refractivity contribution in [2.45, 2.75) is 6.54 Å². The van der Waals surface area contributed by atoms with E-state index in [0.717, 1.165) is 44.2 Å². The van der Waals surface area contributed by atoms with Crippen molar-refractivity contribution >= 4 is 11.8 Å². The van der Waals surface area contributed by atoms with Crippen molar-refractivity contribution in [1.29, 1.82) is 0 Å². The van der Waals surface area contributed by atoms with Gasteiger partial charge in [-0.25, -0.2) is 0 Å². The monoisotopic (exact) mass is 379 g/mol. The maximum atomic E-state index is 12.5. The molecule has 7 heteroatoms. The van der Waals surface area contributed by atoms with Crippen LogP contribution in [0.3, 0.4) is 0 Å². The fourth-order valence-electron chi connectivity index (χ4n) is 3.95. The first-order valence-corrected chi connectivity index (χ1v) is 9.47. The summed E-state index contributed by atoms with van der Waals surface area (Å²) >= 11 is 0. The first-order valence-electron chi connectivity index (χ1n) is 9.47. The Bertz CT molecular complexity index is 902. The first-order chi connectivity index (χ1) is 13.7. The molecule has 0 aliphatic carbocycles. The highest BCUT2D eigenvalue weighted by atomic mass is 16.7. The van der Waals surface area contributed by atoms with Crippen molar-refractivity contribution in [3.05, 3.63) is 59.2 Å². The molecule has 3 heterocycles. The normalized spacial score (nSPS) is 19.4. The van der Waals surface area contributed by atoms with Crippen LogP contribution in [0.5, 0.6) is 11.5 Å². The van der Waals surface area contributed by atoms with Gasteiger partial charge in [0.2, 0.25) is 6.79 Å². The van der Waals surface area contributed by atoms with Crippen LogP contribution in [0.15, 0.2) is 42.5 Å². The van der Waals surface area contributed by atoms with E-state index in [1.165, 1.54) is 10.5 Å². The van der Waals surface area contributed by atoms with Gasteiger partial charge in [-0.1, -0.05) is 18.2 Å². The molecule has 0 saturated carbocycles. The summed E-state index contributed by atoms with van der Waals surface area (Å²) in [5.41, 5.74) is 2.21. The lowest BCUT2D eigenvalue weighted by molar-refractivity contribution is 0.0447. The van der Waals surface area contributed by atoms with Crippen LogP contribution in [0.2, 0.25) is 0 Å². The standard InChI is InChI=1S/C21H21N3O4/c25-20-16-3-1-2-4-17(16)21(26)24(20)13-23-9-7-22(8-10-23)12-15-5-6-18-19(11-15)28-14-27-18/h1-6,11H,7-10,12-14H2. The molecule has 0 bridgehead atoms. The van der Waals surface area contributed by atoms with Gasteiger partial charge in [-0.3, -0.25) is 24.3 Å². The highest BCUT2D eigenvalue weighted by molar-refractivity contribution is 6.21. The topological polar surface area (TPSA) is 62.3 Å². The number of imide groups is 1. The number of hydrogen-bond acceptors (Lipinski definition) is 6. The largest absolute Gasteiger partial charge is 0.454 e. The van der Waals surface area contributed by atoms with E-state index in [1.54, 1.807) is 24.3 Å². The van der Waals surface area contributed by atoms with E-state index in [4.69, 9.17) is 9.47 Å². The Morgan fingerprint density at radius 1 is 0.786 bits per heavy atom. The Labute approximate surface area is 163 Å². The minimum atomic E-state index is -0.191. The maximum absolute atomic E-state index is 12.5. The molecule has 144 valence electrons. The van der Waals surface area contributed by atoms with E-state index in [0.29, 0.717) is 17.8 Å². The molecule has 1 saturated heterocycles. The fourth-order valence-corrected chi connectivity index (χ4v) is 3.95. The molecule has 0 radical (unpaired) electrons. The second kappa shape index (κ2) is 6.92. The first kappa shape index (κ1) is 17.2. The van der Waals surface area contributed by atoms with Gasteiger partial charge >= 0.3 is 0 Å². The zero-order valence-electron chi connectivity index (χ0n) is 15.5. The molecule has 1 fully saturated rings. The smallest absolute Gasteiger partial charge is 0.262 e. The summed E-state index contributed by atoms with van der Waals surface area (Å²) in [4.78, 5) is 30.9. The van der Waals surface area contributed by atoms with Gasteiger partial charge in [-0.2, -0.15) is 0 Å².